The van der Waals surface area contributed by atoms with Gasteiger partial charge in [0.05, 0.1) is 16.7 Å². The van der Waals surface area contributed by atoms with Gasteiger partial charge in [-0.05, 0) is 25.5 Å². The maximum atomic E-state index is 12.6. The lowest BCUT2D eigenvalue weighted by Crippen LogP contribution is -2.34. The molecule has 0 spiro atoms. The molecule has 1 aromatic heterocycles. The number of halogens is 1. The first-order valence-electron chi connectivity index (χ1n) is 6.53. The fraction of sp³-hybridized carbons (Fsp3) is 0.333. The fourth-order valence-corrected chi connectivity index (χ4v) is 2.81. The minimum Gasteiger partial charge on any atom is -0.388 e. The Hall–Kier alpha value is -1.65. The summed E-state index contributed by atoms with van der Waals surface area (Å²) in [7, 11) is 0. The van der Waals surface area contributed by atoms with Crippen molar-refractivity contribution in [2.75, 3.05) is 13.1 Å². The highest BCUT2D eigenvalue weighted by atomic mass is 35.5. The number of fused-ring (bicyclic) bond motifs is 1. The van der Waals surface area contributed by atoms with Gasteiger partial charge in [0.25, 0.3) is 5.91 Å². The lowest BCUT2D eigenvalue weighted by atomic mass is 10.1. The first kappa shape index (κ1) is 13.3. The molecule has 2 aromatic rings. The number of amides is 1. The molecule has 1 N–H and O–H groups in total. The second-order valence-electron chi connectivity index (χ2n) is 5.48. The number of hydrogen-bond acceptors (Lipinski definition) is 3. The van der Waals surface area contributed by atoms with Crippen molar-refractivity contribution in [3.63, 3.8) is 0 Å². The molecule has 1 aromatic carbocycles. The van der Waals surface area contributed by atoms with Gasteiger partial charge in [0.1, 0.15) is 5.15 Å². The molecule has 1 fully saturated rings. The number of carbonyl (C=O) groups is 1. The quantitative estimate of drug-likeness (QED) is 0.821. The number of para-hydroxylation sites is 1. The minimum absolute atomic E-state index is 0.108. The van der Waals surface area contributed by atoms with Crippen LogP contribution in [0.3, 0.4) is 0 Å². The van der Waals surface area contributed by atoms with Crippen molar-refractivity contribution >= 4 is 28.4 Å². The standard InChI is InChI=1S/C15H15ClN2O2/c1-15(20)6-7-18(9-15)14(19)11-8-13(16)17-12-5-3-2-4-10(11)12/h2-5,8,20H,6-7,9H2,1H3. The van der Waals surface area contributed by atoms with Gasteiger partial charge >= 0.3 is 0 Å². The highest BCUT2D eigenvalue weighted by Crippen LogP contribution is 2.26. The van der Waals surface area contributed by atoms with Crippen LogP contribution in [0.1, 0.15) is 23.7 Å². The Bertz CT molecular complexity index is 685. The number of nitrogens with zero attached hydrogens (tertiary/aromatic N) is 2. The number of carbonyl (C=O) groups excluding carboxylic acids is 1. The maximum Gasteiger partial charge on any atom is 0.254 e. The van der Waals surface area contributed by atoms with Gasteiger partial charge in [0, 0.05) is 18.5 Å². The molecule has 1 amide bonds. The number of aliphatic hydroxyl groups is 1. The largest absolute Gasteiger partial charge is 0.388 e. The maximum absolute atomic E-state index is 12.6. The number of likely N-dealkylation sites (tertiary alicyclic amines) is 1. The van der Waals surface area contributed by atoms with Gasteiger partial charge in [-0.2, -0.15) is 0 Å². The van der Waals surface area contributed by atoms with Gasteiger partial charge in [0.2, 0.25) is 0 Å². The van der Waals surface area contributed by atoms with Gasteiger partial charge in [-0.3, -0.25) is 4.79 Å². The number of pyridine rings is 1. The van der Waals surface area contributed by atoms with Crippen LogP contribution in [0.4, 0.5) is 0 Å². The number of β-amino-alcohol motifs (C(OH)–C–C–N with tert-alkyl or cyclic N) is 1. The Morgan fingerprint density at radius 1 is 1.45 bits per heavy atom. The van der Waals surface area contributed by atoms with Crippen molar-refractivity contribution in [2.24, 2.45) is 0 Å². The zero-order valence-corrected chi connectivity index (χ0v) is 11.9. The van der Waals surface area contributed by atoms with Crippen LogP contribution < -0.4 is 0 Å². The molecular weight excluding hydrogens is 276 g/mol. The summed E-state index contributed by atoms with van der Waals surface area (Å²) >= 11 is 6.00. The summed E-state index contributed by atoms with van der Waals surface area (Å²) in [5.41, 5.74) is 0.440. The Morgan fingerprint density at radius 2 is 2.20 bits per heavy atom. The van der Waals surface area contributed by atoms with Crippen LogP contribution in [0.15, 0.2) is 30.3 Å². The van der Waals surface area contributed by atoms with Crippen molar-refractivity contribution in [2.45, 2.75) is 18.9 Å². The van der Waals surface area contributed by atoms with E-state index in [0.29, 0.717) is 35.7 Å². The number of hydrogen-bond donors (Lipinski definition) is 1. The second kappa shape index (κ2) is 4.72. The molecular formula is C15H15ClN2O2. The molecule has 5 heteroatoms. The van der Waals surface area contributed by atoms with Gasteiger partial charge < -0.3 is 10.0 Å². The molecule has 0 saturated carbocycles. The smallest absolute Gasteiger partial charge is 0.254 e. The van der Waals surface area contributed by atoms with E-state index < -0.39 is 5.60 Å². The molecule has 104 valence electrons. The van der Waals surface area contributed by atoms with E-state index in [1.165, 1.54) is 0 Å². The molecule has 20 heavy (non-hydrogen) atoms. The molecule has 1 atom stereocenters. The van der Waals surface area contributed by atoms with E-state index in [9.17, 15) is 9.90 Å². The first-order chi connectivity index (χ1) is 9.46. The summed E-state index contributed by atoms with van der Waals surface area (Å²) in [5.74, 6) is -0.108. The normalized spacial score (nSPS) is 22.4. The summed E-state index contributed by atoms with van der Waals surface area (Å²) in [6, 6.07) is 9.02. The van der Waals surface area contributed by atoms with Gasteiger partial charge in [-0.25, -0.2) is 4.98 Å². The van der Waals surface area contributed by atoms with E-state index >= 15 is 0 Å². The van der Waals surface area contributed by atoms with Crippen LogP contribution in [0.2, 0.25) is 5.15 Å². The summed E-state index contributed by atoms with van der Waals surface area (Å²) < 4.78 is 0. The molecule has 2 heterocycles. The molecule has 4 nitrogen and oxygen atoms in total. The van der Waals surface area contributed by atoms with Crippen LogP contribution in [0.5, 0.6) is 0 Å². The fourth-order valence-electron chi connectivity index (χ4n) is 2.61. The van der Waals surface area contributed by atoms with Gasteiger partial charge in [-0.15, -0.1) is 0 Å². The zero-order valence-electron chi connectivity index (χ0n) is 11.1. The second-order valence-corrected chi connectivity index (χ2v) is 5.87. The molecule has 1 aliphatic heterocycles. The van der Waals surface area contributed by atoms with E-state index in [-0.39, 0.29) is 5.91 Å². The molecule has 0 bridgehead atoms. The molecule has 1 unspecified atom stereocenters. The third kappa shape index (κ3) is 2.37. The SMILES string of the molecule is CC1(O)CCN(C(=O)c2cc(Cl)nc3ccccc23)C1. The summed E-state index contributed by atoms with van der Waals surface area (Å²) in [4.78, 5) is 18.5. The Labute approximate surface area is 122 Å². The minimum atomic E-state index is -0.803. The van der Waals surface area contributed by atoms with Crippen molar-refractivity contribution in [1.82, 2.24) is 9.88 Å². The predicted octanol–water partition coefficient (Wildman–Crippen LogP) is 2.49. The average molecular weight is 291 g/mol. The molecule has 1 saturated heterocycles. The molecule has 3 rings (SSSR count). The topological polar surface area (TPSA) is 53.4 Å². The van der Waals surface area contributed by atoms with Gasteiger partial charge in [-0.1, -0.05) is 29.8 Å². The highest BCUT2D eigenvalue weighted by molar-refractivity contribution is 6.30. The number of aromatic nitrogens is 1. The van der Waals surface area contributed by atoms with Crippen LogP contribution >= 0.6 is 11.6 Å². The number of benzene rings is 1. The first-order valence-corrected chi connectivity index (χ1v) is 6.91. The third-order valence-electron chi connectivity index (χ3n) is 3.65. The van der Waals surface area contributed by atoms with E-state index in [4.69, 9.17) is 11.6 Å². The van der Waals surface area contributed by atoms with E-state index in [1.54, 1.807) is 17.9 Å². The zero-order chi connectivity index (χ0) is 14.3. The Kier molecular flexibility index (Phi) is 3.15. The van der Waals surface area contributed by atoms with Crippen LogP contribution in [0, 0.1) is 0 Å². The van der Waals surface area contributed by atoms with Crippen LogP contribution in [0.25, 0.3) is 10.9 Å². The lowest BCUT2D eigenvalue weighted by Gasteiger charge is -2.19. The number of rotatable bonds is 1. The van der Waals surface area contributed by atoms with E-state index in [1.807, 2.05) is 24.3 Å². The predicted molar refractivity (Wildman–Crippen MR) is 77.9 cm³/mol. The Morgan fingerprint density at radius 3 is 2.90 bits per heavy atom. The van der Waals surface area contributed by atoms with E-state index in [2.05, 4.69) is 4.98 Å². The van der Waals surface area contributed by atoms with Crippen LogP contribution in [-0.2, 0) is 0 Å². The monoisotopic (exact) mass is 290 g/mol. The molecule has 0 aliphatic carbocycles. The lowest BCUT2D eigenvalue weighted by molar-refractivity contribution is 0.0573. The summed E-state index contributed by atoms with van der Waals surface area (Å²) in [6.45, 7) is 2.65. The third-order valence-corrected chi connectivity index (χ3v) is 3.85. The average Bonchev–Trinajstić information content (AvgIpc) is 2.77. The highest BCUT2D eigenvalue weighted by Gasteiger charge is 2.34. The van der Waals surface area contributed by atoms with Crippen molar-refractivity contribution in [3.05, 3.63) is 41.0 Å². The van der Waals surface area contributed by atoms with Crippen molar-refractivity contribution < 1.29 is 9.90 Å². The van der Waals surface area contributed by atoms with Crippen molar-refractivity contribution in [3.8, 4) is 0 Å². The Balaban J connectivity index is 2.04. The molecule has 1 aliphatic rings. The van der Waals surface area contributed by atoms with Gasteiger partial charge in [0.15, 0.2) is 0 Å². The summed E-state index contributed by atoms with van der Waals surface area (Å²) in [6.07, 6.45) is 0.593. The van der Waals surface area contributed by atoms with Crippen molar-refractivity contribution in [1.29, 1.82) is 0 Å². The van der Waals surface area contributed by atoms with E-state index in [0.717, 1.165) is 5.39 Å². The molecule has 0 radical (unpaired) electrons. The summed E-state index contributed by atoms with van der Waals surface area (Å²) in [5, 5.41) is 11.1. The van der Waals surface area contributed by atoms with Crippen LogP contribution in [-0.4, -0.2) is 39.6 Å².